The van der Waals surface area contributed by atoms with Crippen molar-refractivity contribution < 1.29 is 13.9 Å². The lowest BCUT2D eigenvalue weighted by Gasteiger charge is -2.07. The largest absolute Gasteiger partial charge is 0.380 e. The Kier molecular flexibility index (Phi) is 6.03. The van der Waals surface area contributed by atoms with E-state index in [1.807, 2.05) is 6.92 Å². The van der Waals surface area contributed by atoms with Crippen molar-refractivity contribution in [2.24, 2.45) is 0 Å². The van der Waals surface area contributed by atoms with E-state index in [1.54, 1.807) is 12.1 Å². The predicted octanol–water partition coefficient (Wildman–Crippen LogP) is 1.66. The zero-order valence-electron chi connectivity index (χ0n) is 9.83. The molecule has 0 fully saturated rings. The van der Waals surface area contributed by atoms with Crippen molar-refractivity contribution >= 4 is 6.03 Å². The standard InChI is InChI=1S/C12H17FN2O2/c1-2-17-7-6-14-12(16)15-9-10-4-3-5-11(13)8-10/h3-5,8H,2,6-7,9H2,1H3,(H2,14,15,16). The maximum atomic E-state index is 12.8. The molecule has 0 aromatic heterocycles. The number of urea groups is 1. The van der Waals surface area contributed by atoms with Crippen LogP contribution >= 0.6 is 0 Å². The maximum absolute atomic E-state index is 12.8. The Bertz CT molecular complexity index is 358. The van der Waals surface area contributed by atoms with E-state index in [2.05, 4.69) is 10.6 Å². The van der Waals surface area contributed by atoms with Gasteiger partial charge in [0.2, 0.25) is 0 Å². The highest BCUT2D eigenvalue weighted by atomic mass is 19.1. The van der Waals surface area contributed by atoms with E-state index in [-0.39, 0.29) is 11.8 Å². The number of amides is 2. The fourth-order valence-electron chi connectivity index (χ4n) is 1.27. The Morgan fingerprint density at radius 1 is 1.41 bits per heavy atom. The van der Waals surface area contributed by atoms with Gasteiger partial charge in [-0.2, -0.15) is 0 Å². The number of benzene rings is 1. The molecule has 94 valence electrons. The van der Waals surface area contributed by atoms with E-state index in [0.717, 1.165) is 5.56 Å². The lowest BCUT2D eigenvalue weighted by Crippen LogP contribution is -2.36. The Morgan fingerprint density at radius 2 is 2.24 bits per heavy atom. The van der Waals surface area contributed by atoms with Crippen molar-refractivity contribution in [3.63, 3.8) is 0 Å². The number of rotatable bonds is 6. The number of hydrogen-bond acceptors (Lipinski definition) is 2. The van der Waals surface area contributed by atoms with Crippen LogP contribution in [0, 0.1) is 5.82 Å². The van der Waals surface area contributed by atoms with Gasteiger partial charge in [-0.15, -0.1) is 0 Å². The first kappa shape index (κ1) is 13.4. The van der Waals surface area contributed by atoms with Crippen molar-refractivity contribution in [1.82, 2.24) is 10.6 Å². The Morgan fingerprint density at radius 3 is 2.94 bits per heavy atom. The molecule has 4 nitrogen and oxygen atoms in total. The SMILES string of the molecule is CCOCCNC(=O)NCc1cccc(F)c1. The number of carbonyl (C=O) groups is 1. The van der Waals surface area contributed by atoms with Crippen molar-refractivity contribution in [3.8, 4) is 0 Å². The molecule has 1 rings (SSSR count). The average Bonchev–Trinajstić information content (AvgIpc) is 2.32. The van der Waals surface area contributed by atoms with Crippen molar-refractivity contribution in [3.05, 3.63) is 35.6 Å². The van der Waals surface area contributed by atoms with Crippen LogP contribution in [-0.4, -0.2) is 25.8 Å². The van der Waals surface area contributed by atoms with E-state index in [1.165, 1.54) is 12.1 Å². The van der Waals surface area contributed by atoms with Gasteiger partial charge in [-0.05, 0) is 24.6 Å². The highest BCUT2D eigenvalue weighted by Gasteiger charge is 2.00. The summed E-state index contributed by atoms with van der Waals surface area (Å²) in [5.41, 5.74) is 0.727. The number of nitrogens with one attached hydrogen (secondary N) is 2. The van der Waals surface area contributed by atoms with Gasteiger partial charge in [0, 0.05) is 19.7 Å². The summed E-state index contributed by atoms with van der Waals surface area (Å²) in [6.07, 6.45) is 0. The highest BCUT2D eigenvalue weighted by Crippen LogP contribution is 2.02. The second-order valence-electron chi connectivity index (χ2n) is 3.44. The van der Waals surface area contributed by atoms with Crippen LogP contribution in [0.25, 0.3) is 0 Å². The van der Waals surface area contributed by atoms with Crippen LogP contribution in [0.3, 0.4) is 0 Å². The first-order valence-electron chi connectivity index (χ1n) is 5.56. The summed E-state index contributed by atoms with van der Waals surface area (Å²) < 4.78 is 17.9. The summed E-state index contributed by atoms with van der Waals surface area (Å²) in [7, 11) is 0. The van der Waals surface area contributed by atoms with Crippen molar-refractivity contribution in [2.45, 2.75) is 13.5 Å². The minimum atomic E-state index is -0.305. The van der Waals surface area contributed by atoms with E-state index in [4.69, 9.17) is 4.74 Å². The summed E-state index contributed by atoms with van der Waals surface area (Å²) in [6, 6.07) is 5.84. The third-order valence-corrected chi connectivity index (χ3v) is 2.08. The predicted molar refractivity (Wildman–Crippen MR) is 63.1 cm³/mol. The first-order chi connectivity index (χ1) is 8.22. The van der Waals surface area contributed by atoms with Gasteiger partial charge in [0.1, 0.15) is 5.82 Å². The maximum Gasteiger partial charge on any atom is 0.315 e. The van der Waals surface area contributed by atoms with Crippen LogP contribution in [0.5, 0.6) is 0 Å². The van der Waals surface area contributed by atoms with E-state index < -0.39 is 0 Å². The van der Waals surface area contributed by atoms with Gasteiger partial charge in [0.05, 0.1) is 6.61 Å². The van der Waals surface area contributed by atoms with Crippen LogP contribution in [-0.2, 0) is 11.3 Å². The minimum absolute atomic E-state index is 0.283. The second-order valence-corrected chi connectivity index (χ2v) is 3.44. The van der Waals surface area contributed by atoms with Crippen LogP contribution in [0.4, 0.5) is 9.18 Å². The molecule has 0 radical (unpaired) electrons. The van der Waals surface area contributed by atoms with Gasteiger partial charge >= 0.3 is 6.03 Å². The molecule has 0 saturated heterocycles. The summed E-state index contributed by atoms with van der Waals surface area (Å²) in [4.78, 5) is 11.3. The molecular weight excluding hydrogens is 223 g/mol. The molecule has 0 aliphatic carbocycles. The van der Waals surface area contributed by atoms with Gasteiger partial charge in [-0.3, -0.25) is 0 Å². The molecule has 0 heterocycles. The normalized spacial score (nSPS) is 10.0. The molecule has 5 heteroatoms. The topological polar surface area (TPSA) is 50.4 Å². The molecule has 2 N–H and O–H groups in total. The molecular formula is C12H17FN2O2. The van der Waals surface area contributed by atoms with Crippen LogP contribution in [0.2, 0.25) is 0 Å². The minimum Gasteiger partial charge on any atom is -0.380 e. The Balaban J connectivity index is 2.19. The lowest BCUT2D eigenvalue weighted by atomic mass is 10.2. The van der Waals surface area contributed by atoms with Crippen LogP contribution in [0.1, 0.15) is 12.5 Å². The number of hydrogen-bond donors (Lipinski definition) is 2. The number of carbonyl (C=O) groups excluding carboxylic acids is 1. The Labute approximate surface area is 100 Å². The van der Waals surface area contributed by atoms with Crippen LogP contribution in [0.15, 0.2) is 24.3 Å². The molecule has 1 aromatic carbocycles. The second kappa shape index (κ2) is 7.62. The molecule has 0 bridgehead atoms. The van der Waals surface area contributed by atoms with Gasteiger partial charge in [0.25, 0.3) is 0 Å². The Hall–Kier alpha value is -1.62. The molecule has 0 aliphatic rings. The van der Waals surface area contributed by atoms with Gasteiger partial charge in [-0.1, -0.05) is 12.1 Å². The monoisotopic (exact) mass is 240 g/mol. The fourth-order valence-corrected chi connectivity index (χ4v) is 1.27. The van der Waals surface area contributed by atoms with Crippen molar-refractivity contribution in [2.75, 3.05) is 19.8 Å². The molecule has 0 saturated carbocycles. The van der Waals surface area contributed by atoms with E-state index >= 15 is 0 Å². The van der Waals surface area contributed by atoms with E-state index in [9.17, 15) is 9.18 Å². The third kappa shape index (κ3) is 5.87. The average molecular weight is 240 g/mol. The quantitative estimate of drug-likeness (QED) is 0.743. The molecule has 0 spiro atoms. The molecule has 0 unspecified atom stereocenters. The first-order valence-corrected chi connectivity index (χ1v) is 5.56. The van der Waals surface area contributed by atoms with Crippen molar-refractivity contribution in [1.29, 1.82) is 0 Å². The van der Waals surface area contributed by atoms with Gasteiger partial charge in [-0.25, -0.2) is 9.18 Å². The molecule has 2 amide bonds. The molecule has 1 aromatic rings. The van der Waals surface area contributed by atoms with E-state index in [0.29, 0.717) is 26.3 Å². The van der Waals surface area contributed by atoms with Gasteiger partial charge < -0.3 is 15.4 Å². The molecule has 0 aliphatic heterocycles. The summed E-state index contributed by atoms with van der Waals surface area (Å²) in [5.74, 6) is -0.305. The third-order valence-electron chi connectivity index (χ3n) is 2.08. The number of ether oxygens (including phenoxy) is 1. The lowest BCUT2D eigenvalue weighted by molar-refractivity contribution is 0.149. The highest BCUT2D eigenvalue weighted by molar-refractivity contribution is 5.73. The zero-order chi connectivity index (χ0) is 12.5. The summed E-state index contributed by atoms with van der Waals surface area (Å²) in [6.45, 7) is 3.78. The number of halogens is 1. The molecule has 17 heavy (non-hydrogen) atoms. The summed E-state index contributed by atoms with van der Waals surface area (Å²) in [5, 5.41) is 5.26. The summed E-state index contributed by atoms with van der Waals surface area (Å²) >= 11 is 0. The zero-order valence-corrected chi connectivity index (χ0v) is 9.83. The fraction of sp³-hybridized carbons (Fsp3) is 0.417. The van der Waals surface area contributed by atoms with Gasteiger partial charge in [0.15, 0.2) is 0 Å². The smallest absolute Gasteiger partial charge is 0.315 e. The molecule has 0 atom stereocenters. The van der Waals surface area contributed by atoms with Crippen LogP contribution < -0.4 is 10.6 Å².